The van der Waals surface area contributed by atoms with Crippen LogP contribution in [0, 0.1) is 16.0 Å². The molecule has 0 aliphatic rings. The van der Waals surface area contributed by atoms with Crippen LogP contribution in [0.2, 0.25) is 0 Å². The molecule has 6 nitrogen and oxygen atoms in total. The molecule has 3 N–H and O–H groups in total. The lowest BCUT2D eigenvalue weighted by atomic mass is 9.96. The number of anilines is 1. The lowest BCUT2D eigenvalue weighted by Crippen LogP contribution is -2.15. The van der Waals surface area contributed by atoms with Crippen LogP contribution in [0.3, 0.4) is 0 Å². The molecular weight excluding hydrogens is 338 g/mol. The first kappa shape index (κ1) is 17.6. The molecule has 0 fully saturated rings. The number of hydrogen-bond donors (Lipinski definition) is 2. The Labute approximate surface area is 132 Å². The number of carbonyl (C=O) groups excluding carboxylic acids is 1. The fraction of sp³-hybridized carbons (Fsp3) is 0.500. The van der Waals surface area contributed by atoms with E-state index in [0.717, 1.165) is 19.3 Å². The Bertz CT molecular complexity index is 508. The monoisotopic (exact) mass is 357 g/mol. The summed E-state index contributed by atoms with van der Waals surface area (Å²) in [5.41, 5.74) is 6.05. The van der Waals surface area contributed by atoms with Crippen LogP contribution in [-0.2, 0) is 4.79 Å². The van der Waals surface area contributed by atoms with Crippen LogP contribution in [0.1, 0.15) is 32.6 Å². The summed E-state index contributed by atoms with van der Waals surface area (Å²) in [5.74, 6) is 0.362. The molecule has 0 saturated carbocycles. The molecule has 0 aliphatic carbocycles. The maximum Gasteiger partial charge on any atom is 0.270 e. The normalized spacial score (nSPS) is 12.0. The van der Waals surface area contributed by atoms with Crippen LogP contribution in [0.5, 0.6) is 0 Å². The SMILES string of the molecule is CCC(CCN)CCC(=O)Nc1ccc([N+](=O)[O-])cc1Br. The van der Waals surface area contributed by atoms with Crippen molar-refractivity contribution in [3.8, 4) is 0 Å². The van der Waals surface area contributed by atoms with Crippen molar-refractivity contribution < 1.29 is 9.72 Å². The number of benzene rings is 1. The molecule has 0 heterocycles. The fourth-order valence-corrected chi connectivity index (χ4v) is 2.52. The zero-order valence-corrected chi connectivity index (χ0v) is 13.6. The van der Waals surface area contributed by atoms with E-state index in [1.54, 1.807) is 0 Å². The van der Waals surface area contributed by atoms with Crippen molar-refractivity contribution in [3.63, 3.8) is 0 Å². The lowest BCUT2D eigenvalue weighted by molar-refractivity contribution is -0.384. The summed E-state index contributed by atoms with van der Waals surface area (Å²) >= 11 is 3.23. The molecule has 0 aliphatic heterocycles. The van der Waals surface area contributed by atoms with Crippen LogP contribution in [0.25, 0.3) is 0 Å². The van der Waals surface area contributed by atoms with Gasteiger partial charge in [0, 0.05) is 23.0 Å². The minimum absolute atomic E-state index is 0.0196. The molecule has 1 unspecified atom stereocenters. The number of nitrogens with one attached hydrogen (secondary N) is 1. The zero-order valence-electron chi connectivity index (χ0n) is 12.0. The molecule has 1 rings (SSSR count). The van der Waals surface area contributed by atoms with Crippen molar-refractivity contribution >= 4 is 33.2 Å². The van der Waals surface area contributed by atoms with Gasteiger partial charge in [-0.15, -0.1) is 0 Å². The van der Waals surface area contributed by atoms with E-state index in [1.807, 2.05) is 0 Å². The summed E-state index contributed by atoms with van der Waals surface area (Å²) < 4.78 is 0.499. The van der Waals surface area contributed by atoms with Crippen LogP contribution < -0.4 is 11.1 Å². The van der Waals surface area contributed by atoms with E-state index < -0.39 is 4.92 Å². The molecule has 0 aromatic heterocycles. The Morgan fingerprint density at radius 3 is 2.71 bits per heavy atom. The highest BCUT2D eigenvalue weighted by Gasteiger charge is 2.13. The standard InChI is InChI=1S/C14H20BrN3O3/c1-2-10(7-8-16)3-6-14(19)17-13-5-4-11(18(20)21)9-12(13)15/h4-5,9-10H,2-3,6-8,16H2,1H3,(H,17,19). The highest BCUT2D eigenvalue weighted by molar-refractivity contribution is 9.10. The minimum Gasteiger partial charge on any atom is -0.330 e. The average molecular weight is 358 g/mol. The van der Waals surface area contributed by atoms with E-state index in [4.69, 9.17) is 5.73 Å². The summed E-state index contributed by atoms with van der Waals surface area (Å²) in [6.45, 7) is 2.72. The third kappa shape index (κ3) is 5.81. The van der Waals surface area contributed by atoms with Crippen molar-refractivity contribution in [2.24, 2.45) is 11.7 Å². The largest absolute Gasteiger partial charge is 0.330 e. The Kier molecular flexibility index (Phi) is 7.31. The first-order valence-electron chi connectivity index (χ1n) is 6.91. The van der Waals surface area contributed by atoms with Crippen LogP contribution >= 0.6 is 15.9 Å². The molecule has 1 atom stereocenters. The number of halogens is 1. The highest BCUT2D eigenvalue weighted by Crippen LogP contribution is 2.27. The van der Waals surface area contributed by atoms with Gasteiger partial charge in [-0.3, -0.25) is 14.9 Å². The molecule has 1 aromatic carbocycles. The predicted molar refractivity (Wildman–Crippen MR) is 86.1 cm³/mol. The molecular formula is C14H20BrN3O3. The van der Waals surface area contributed by atoms with Crippen molar-refractivity contribution in [1.82, 2.24) is 0 Å². The first-order chi connectivity index (χ1) is 9.97. The second kappa shape index (κ2) is 8.74. The van der Waals surface area contributed by atoms with Gasteiger partial charge < -0.3 is 11.1 Å². The number of amides is 1. The molecule has 21 heavy (non-hydrogen) atoms. The second-order valence-corrected chi connectivity index (χ2v) is 5.71. The molecule has 116 valence electrons. The summed E-state index contributed by atoms with van der Waals surface area (Å²) in [5, 5.41) is 13.4. The van der Waals surface area contributed by atoms with Gasteiger partial charge in [-0.05, 0) is 47.3 Å². The van der Waals surface area contributed by atoms with E-state index >= 15 is 0 Å². The average Bonchev–Trinajstić information content (AvgIpc) is 2.45. The van der Waals surface area contributed by atoms with Gasteiger partial charge in [0.05, 0.1) is 10.6 Å². The van der Waals surface area contributed by atoms with Gasteiger partial charge >= 0.3 is 0 Å². The maximum absolute atomic E-state index is 11.9. The van der Waals surface area contributed by atoms with Crippen LogP contribution in [-0.4, -0.2) is 17.4 Å². The van der Waals surface area contributed by atoms with E-state index in [1.165, 1.54) is 18.2 Å². The molecule has 0 spiro atoms. The summed E-state index contributed by atoms with van der Waals surface area (Å²) in [6, 6.07) is 4.26. The summed E-state index contributed by atoms with van der Waals surface area (Å²) in [6.07, 6.45) is 3.14. The lowest BCUT2D eigenvalue weighted by Gasteiger charge is -2.13. The predicted octanol–water partition coefficient (Wildman–Crippen LogP) is 3.45. The Morgan fingerprint density at radius 1 is 1.48 bits per heavy atom. The third-order valence-corrected chi connectivity index (χ3v) is 4.03. The molecule has 0 bridgehead atoms. The minimum atomic E-state index is -0.477. The van der Waals surface area contributed by atoms with Gasteiger partial charge in [-0.25, -0.2) is 0 Å². The van der Waals surface area contributed by atoms with Gasteiger partial charge in [0.2, 0.25) is 5.91 Å². The number of hydrogen-bond acceptors (Lipinski definition) is 4. The first-order valence-corrected chi connectivity index (χ1v) is 7.71. The van der Waals surface area contributed by atoms with Gasteiger partial charge in [0.25, 0.3) is 5.69 Å². The van der Waals surface area contributed by atoms with E-state index in [-0.39, 0.29) is 11.6 Å². The Morgan fingerprint density at radius 2 is 2.19 bits per heavy atom. The van der Waals surface area contributed by atoms with Crippen LogP contribution in [0.15, 0.2) is 22.7 Å². The van der Waals surface area contributed by atoms with E-state index in [9.17, 15) is 14.9 Å². The Hall–Kier alpha value is -1.47. The quantitative estimate of drug-likeness (QED) is 0.549. The topological polar surface area (TPSA) is 98.3 Å². The zero-order chi connectivity index (χ0) is 15.8. The van der Waals surface area contributed by atoms with Gasteiger partial charge in [0.1, 0.15) is 0 Å². The molecule has 1 amide bonds. The van der Waals surface area contributed by atoms with Gasteiger partial charge in [-0.1, -0.05) is 13.3 Å². The van der Waals surface area contributed by atoms with Gasteiger partial charge in [-0.2, -0.15) is 0 Å². The number of carbonyl (C=O) groups is 1. The number of nitro groups is 1. The van der Waals surface area contributed by atoms with Crippen molar-refractivity contribution in [2.75, 3.05) is 11.9 Å². The third-order valence-electron chi connectivity index (χ3n) is 3.37. The second-order valence-electron chi connectivity index (χ2n) is 4.86. The number of nitrogens with two attached hydrogens (primary N) is 1. The van der Waals surface area contributed by atoms with Gasteiger partial charge in [0.15, 0.2) is 0 Å². The number of rotatable bonds is 8. The number of nitro benzene ring substituents is 1. The highest BCUT2D eigenvalue weighted by atomic mass is 79.9. The molecule has 0 radical (unpaired) electrons. The summed E-state index contributed by atoms with van der Waals surface area (Å²) in [7, 11) is 0. The number of nitrogens with zero attached hydrogens (tertiary/aromatic N) is 1. The van der Waals surface area contributed by atoms with Crippen molar-refractivity contribution in [3.05, 3.63) is 32.8 Å². The van der Waals surface area contributed by atoms with E-state index in [2.05, 4.69) is 28.2 Å². The van der Waals surface area contributed by atoms with Crippen molar-refractivity contribution in [2.45, 2.75) is 32.6 Å². The molecule has 0 saturated heterocycles. The number of non-ortho nitro benzene ring substituents is 1. The fourth-order valence-electron chi connectivity index (χ4n) is 2.06. The smallest absolute Gasteiger partial charge is 0.270 e. The molecule has 7 heteroatoms. The maximum atomic E-state index is 11.9. The molecule has 1 aromatic rings. The van der Waals surface area contributed by atoms with Crippen molar-refractivity contribution in [1.29, 1.82) is 0 Å². The van der Waals surface area contributed by atoms with E-state index in [0.29, 0.717) is 29.0 Å². The van der Waals surface area contributed by atoms with Crippen LogP contribution in [0.4, 0.5) is 11.4 Å². The Balaban J connectivity index is 2.57. The summed E-state index contributed by atoms with van der Waals surface area (Å²) in [4.78, 5) is 22.1.